The number of hydrogen-bond acceptors (Lipinski definition) is 2. The molecule has 10 heavy (non-hydrogen) atoms. The van der Waals surface area contributed by atoms with Crippen LogP contribution in [0.1, 0.15) is 13.3 Å². The van der Waals surface area contributed by atoms with Crippen molar-refractivity contribution >= 4 is 0 Å². The predicted octanol–water partition coefficient (Wildman–Crippen LogP) is 1.17. The van der Waals surface area contributed by atoms with Crippen LogP contribution in [0.5, 0.6) is 0 Å². The van der Waals surface area contributed by atoms with E-state index < -0.39 is 0 Å². The fraction of sp³-hybridized carbons (Fsp3) is 0.750. The smallest absolute Gasteiger partial charge is 0.0937 e. The van der Waals surface area contributed by atoms with Gasteiger partial charge in [-0.25, -0.2) is 0 Å². The van der Waals surface area contributed by atoms with Crippen LogP contribution in [-0.2, 0) is 4.74 Å². The highest BCUT2D eigenvalue weighted by Gasteiger charge is 2.13. The third-order valence-electron chi connectivity index (χ3n) is 1.77. The molecule has 1 aliphatic rings. The third kappa shape index (κ3) is 2.03. The van der Waals surface area contributed by atoms with Crippen molar-refractivity contribution in [2.45, 2.75) is 13.3 Å². The summed E-state index contributed by atoms with van der Waals surface area (Å²) in [6.07, 6.45) is 4.84. The molecule has 58 valence electrons. The van der Waals surface area contributed by atoms with E-state index in [1.807, 2.05) is 6.92 Å². The molecule has 0 aromatic heterocycles. The van der Waals surface area contributed by atoms with Crippen LogP contribution < -0.4 is 0 Å². The van der Waals surface area contributed by atoms with Crippen molar-refractivity contribution in [2.24, 2.45) is 11.8 Å². The fourth-order valence-corrected chi connectivity index (χ4v) is 1.14. The van der Waals surface area contributed by atoms with Gasteiger partial charge in [0.25, 0.3) is 0 Å². The van der Waals surface area contributed by atoms with E-state index in [1.165, 1.54) is 0 Å². The maximum atomic E-state index is 8.73. The average molecular weight is 142 g/mol. The minimum Gasteiger partial charge on any atom is -0.501 e. The Balaban J connectivity index is 2.18. The summed E-state index contributed by atoms with van der Waals surface area (Å²) in [5, 5.41) is 8.73. The molecule has 1 N–H and O–H groups in total. The minimum atomic E-state index is 0.282. The van der Waals surface area contributed by atoms with E-state index in [0.717, 1.165) is 13.0 Å². The van der Waals surface area contributed by atoms with Gasteiger partial charge in [-0.1, -0.05) is 6.92 Å². The number of rotatable bonds is 3. The summed E-state index contributed by atoms with van der Waals surface area (Å²) in [5.41, 5.74) is 0. The zero-order chi connectivity index (χ0) is 7.40. The highest BCUT2D eigenvalue weighted by molar-refractivity contribution is 4.89. The second kappa shape index (κ2) is 3.62. The van der Waals surface area contributed by atoms with Crippen LogP contribution in [0.4, 0.5) is 0 Å². The normalized spacial score (nSPS) is 26.4. The molecule has 2 atom stereocenters. The zero-order valence-electron chi connectivity index (χ0n) is 6.29. The van der Waals surface area contributed by atoms with Gasteiger partial charge in [0.05, 0.1) is 12.9 Å². The summed E-state index contributed by atoms with van der Waals surface area (Å²) in [6.45, 7) is 3.13. The predicted molar refractivity (Wildman–Crippen MR) is 39.4 cm³/mol. The standard InChI is InChI=1S/C8H14O2/c1-7(5-9)4-8-2-3-10-6-8/h2-3,7-9H,4-6H2,1H3/t7-,8-/m1/s1. The van der Waals surface area contributed by atoms with Crippen LogP contribution in [0, 0.1) is 11.8 Å². The SMILES string of the molecule is C[C@@H](CO)C[C@H]1C=COC1. The first-order valence-electron chi connectivity index (χ1n) is 3.72. The molecule has 0 amide bonds. The molecular weight excluding hydrogens is 128 g/mol. The Hall–Kier alpha value is -0.500. The molecule has 0 bridgehead atoms. The Morgan fingerprint density at radius 2 is 2.60 bits per heavy atom. The Morgan fingerprint density at radius 3 is 3.10 bits per heavy atom. The molecule has 0 radical (unpaired) electrons. The van der Waals surface area contributed by atoms with E-state index in [2.05, 4.69) is 6.08 Å². The van der Waals surface area contributed by atoms with Crippen molar-refractivity contribution in [1.29, 1.82) is 0 Å². The molecule has 0 fully saturated rings. The lowest BCUT2D eigenvalue weighted by atomic mass is 9.98. The van der Waals surface area contributed by atoms with E-state index in [-0.39, 0.29) is 6.61 Å². The van der Waals surface area contributed by atoms with Gasteiger partial charge in [-0.3, -0.25) is 0 Å². The van der Waals surface area contributed by atoms with Gasteiger partial charge in [-0.05, 0) is 18.4 Å². The van der Waals surface area contributed by atoms with E-state index in [0.29, 0.717) is 11.8 Å². The molecule has 0 aromatic carbocycles. The Labute approximate surface area is 61.5 Å². The monoisotopic (exact) mass is 142 g/mol. The molecule has 0 aliphatic carbocycles. The number of aliphatic hydroxyl groups is 1. The maximum absolute atomic E-state index is 8.73. The molecule has 0 saturated carbocycles. The van der Waals surface area contributed by atoms with Gasteiger partial charge in [0, 0.05) is 12.5 Å². The van der Waals surface area contributed by atoms with Gasteiger partial charge >= 0.3 is 0 Å². The molecule has 0 saturated heterocycles. The van der Waals surface area contributed by atoms with Crippen LogP contribution in [0.15, 0.2) is 12.3 Å². The molecular formula is C8H14O2. The summed E-state index contributed by atoms with van der Waals surface area (Å²) >= 11 is 0. The fourth-order valence-electron chi connectivity index (χ4n) is 1.14. The van der Waals surface area contributed by atoms with Gasteiger partial charge in [0.2, 0.25) is 0 Å². The summed E-state index contributed by atoms with van der Waals surface area (Å²) < 4.78 is 5.04. The second-order valence-corrected chi connectivity index (χ2v) is 2.95. The quantitative estimate of drug-likeness (QED) is 0.640. The zero-order valence-corrected chi connectivity index (χ0v) is 6.29. The van der Waals surface area contributed by atoms with Gasteiger partial charge in [-0.15, -0.1) is 0 Å². The Bertz CT molecular complexity index is 120. The molecule has 1 rings (SSSR count). The van der Waals surface area contributed by atoms with Crippen LogP contribution >= 0.6 is 0 Å². The minimum absolute atomic E-state index is 0.282. The molecule has 0 unspecified atom stereocenters. The first-order valence-corrected chi connectivity index (χ1v) is 3.72. The summed E-state index contributed by atoms with van der Waals surface area (Å²) in [5.74, 6) is 0.929. The average Bonchev–Trinajstić information content (AvgIpc) is 2.40. The number of aliphatic hydroxyl groups excluding tert-OH is 1. The van der Waals surface area contributed by atoms with Gasteiger partial charge < -0.3 is 9.84 Å². The van der Waals surface area contributed by atoms with Crippen molar-refractivity contribution in [3.8, 4) is 0 Å². The number of ether oxygens (including phenoxy) is 1. The van der Waals surface area contributed by atoms with Crippen LogP contribution in [0.25, 0.3) is 0 Å². The maximum Gasteiger partial charge on any atom is 0.0937 e. The Morgan fingerprint density at radius 1 is 1.80 bits per heavy atom. The van der Waals surface area contributed by atoms with Crippen LogP contribution in [0.3, 0.4) is 0 Å². The molecule has 1 aliphatic heterocycles. The summed E-state index contributed by atoms with van der Waals surface area (Å²) in [4.78, 5) is 0. The van der Waals surface area contributed by atoms with Crippen molar-refractivity contribution in [3.63, 3.8) is 0 Å². The first kappa shape index (κ1) is 7.61. The van der Waals surface area contributed by atoms with E-state index in [4.69, 9.17) is 9.84 Å². The van der Waals surface area contributed by atoms with Crippen molar-refractivity contribution in [2.75, 3.05) is 13.2 Å². The molecule has 1 heterocycles. The second-order valence-electron chi connectivity index (χ2n) is 2.95. The van der Waals surface area contributed by atoms with E-state index in [9.17, 15) is 0 Å². The third-order valence-corrected chi connectivity index (χ3v) is 1.77. The van der Waals surface area contributed by atoms with Gasteiger partial charge in [0.1, 0.15) is 0 Å². The summed E-state index contributed by atoms with van der Waals surface area (Å²) in [7, 11) is 0. The lowest BCUT2D eigenvalue weighted by Crippen LogP contribution is -2.08. The van der Waals surface area contributed by atoms with E-state index in [1.54, 1.807) is 6.26 Å². The lowest BCUT2D eigenvalue weighted by Gasteiger charge is -2.10. The van der Waals surface area contributed by atoms with Crippen molar-refractivity contribution in [1.82, 2.24) is 0 Å². The number of hydrogen-bond donors (Lipinski definition) is 1. The largest absolute Gasteiger partial charge is 0.501 e. The van der Waals surface area contributed by atoms with Crippen LogP contribution in [0.2, 0.25) is 0 Å². The van der Waals surface area contributed by atoms with E-state index >= 15 is 0 Å². The molecule has 0 spiro atoms. The molecule has 2 nitrogen and oxygen atoms in total. The van der Waals surface area contributed by atoms with Gasteiger partial charge in [-0.2, -0.15) is 0 Å². The highest BCUT2D eigenvalue weighted by Crippen LogP contribution is 2.17. The molecule has 0 aromatic rings. The topological polar surface area (TPSA) is 29.5 Å². The van der Waals surface area contributed by atoms with Crippen molar-refractivity contribution in [3.05, 3.63) is 12.3 Å². The highest BCUT2D eigenvalue weighted by atomic mass is 16.5. The Kier molecular flexibility index (Phi) is 2.75. The first-order chi connectivity index (χ1) is 4.83. The lowest BCUT2D eigenvalue weighted by molar-refractivity contribution is 0.194. The molecule has 2 heteroatoms. The van der Waals surface area contributed by atoms with Gasteiger partial charge in [0.15, 0.2) is 0 Å². The van der Waals surface area contributed by atoms with Crippen molar-refractivity contribution < 1.29 is 9.84 Å². The summed E-state index contributed by atoms with van der Waals surface area (Å²) in [6, 6.07) is 0. The van der Waals surface area contributed by atoms with Crippen LogP contribution in [-0.4, -0.2) is 18.3 Å².